The second-order valence-corrected chi connectivity index (χ2v) is 11.3. The number of carbonyl (C=O) groups excluding carboxylic acids is 2. The molecule has 0 radical (unpaired) electrons. The number of nitrogens with one attached hydrogen (secondary N) is 1. The Morgan fingerprint density at radius 2 is 1.51 bits per heavy atom. The van der Waals surface area contributed by atoms with Crippen molar-refractivity contribution in [3.05, 3.63) is 77.5 Å². The van der Waals surface area contributed by atoms with E-state index in [9.17, 15) is 31.2 Å². The molecule has 1 unspecified atom stereocenters. The monoisotopic (exact) mass is 506 g/mol. The van der Waals surface area contributed by atoms with E-state index in [-0.39, 0.29) is 31.5 Å². The molecule has 0 aromatic heterocycles. The molecule has 1 aliphatic heterocycles. The first kappa shape index (κ1) is 25.1. The minimum atomic E-state index is -5.40. The molecule has 2 aliphatic rings. The van der Waals surface area contributed by atoms with E-state index in [0.717, 1.165) is 22.6 Å². The molecular formula is C25H25F3N2O4S. The zero-order valence-corrected chi connectivity index (χ0v) is 20.0. The number of nitrogens with zero attached hydrogens (tertiary/aromatic N) is 1. The van der Waals surface area contributed by atoms with E-state index in [4.69, 9.17) is 0 Å². The number of hydrogen-bond acceptors (Lipinski definition) is 4. The van der Waals surface area contributed by atoms with Gasteiger partial charge in [0.2, 0.25) is 15.6 Å². The van der Waals surface area contributed by atoms with E-state index in [1.54, 1.807) is 48.9 Å². The van der Waals surface area contributed by atoms with Crippen LogP contribution in [-0.4, -0.2) is 43.3 Å². The molecule has 186 valence electrons. The molecule has 6 nitrogen and oxygen atoms in total. The molecule has 0 spiro atoms. The summed E-state index contributed by atoms with van der Waals surface area (Å²) in [6, 6.07) is 15.4. The number of sulfonamides is 1. The molecule has 2 aromatic carbocycles. The average molecular weight is 507 g/mol. The first-order valence-electron chi connectivity index (χ1n) is 11.1. The number of hydrogen-bond donors (Lipinski definition) is 1. The minimum absolute atomic E-state index is 0.0273. The highest BCUT2D eigenvalue weighted by Crippen LogP contribution is 2.52. The van der Waals surface area contributed by atoms with Crippen molar-refractivity contribution in [1.29, 1.82) is 0 Å². The van der Waals surface area contributed by atoms with E-state index < -0.39 is 49.3 Å². The number of benzene rings is 2. The first-order chi connectivity index (χ1) is 16.3. The maximum absolute atomic E-state index is 14.8. The van der Waals surface area contributed by atoms with Gasteiger partial charge in [-0.05, 0) is 36.0 Å². The van der Waals surface area contributed by atoms with Crippen LogP contribution in [0, 0.1) is 5.41 Å². The lowest BCUT2D eigenvalue weighted by Crippen LogP contribution is -2.66. The lowest BCUT2D eigenvalue weighted by molar-refractivity contribution is -0.188. The van der Waals surface area contributed by atoms with Gasteiger partial charge in [-0.25, -0.2) is 8.42 Å². The molecule has 10 heteroatoms. The molecule has 1 heterocycles. The van der Waals surface area contributed by atoms with Gasteiger partial charge in [0.05, 0.1) is 10.5 Å². The van der Waals surface area contributed by atoms with Crippen molar-refractivity contribution in [2.24, 2.45) is 5.41 Å². The summed E-state index contributed by atoms with van der Waals surface area (Å²) < 4.78 is 72.2. The highest BCUT2D eigenvalue weighted by molar-refractivity contribution is 7.89. The number of ketones is 1. The number of allylic oxidation sites excluding steroid dienone is 1. The molecule has 35 heavy (non-hydrogen) atoms. The van der Waals surface area contributed by atoms with E-state index in [1.807, 2.05) is 0 Å². The van der Waals surface area contributed by atoms with Gasteiger partial charge < -0.3 is 4.90 Å². The maximum Gasteiger partial charge on any atom is 0.421 e. The van der Waals surface area contributed by atoms with Gasteiger partial charge in [-0.15, -0.1) is 0 Å². The van der Waals surface area contributed by atoms with Crippen molar-refractivity contribution in [1.82, 2.24) is 9.62 Å². The third kappa shape index (κ3) is 4.40. The number of alkyl halides is 3. The molecule has 0 saturated carbocycles. The summed E-state index contributed by atoms with van der Waals surface area (Å²) in [5.41, 5.74) is -4.48. The zero-order valence-electron chi connectivity index (χ0n) is 19.2. The van der Waals surface area contributed by atoms with Gasteiger partial charge in [0.25, 0.3) is 5.91 Å². The summed E-state index contributed by atoms with van der Waals surface area (Å²) in [4.78, 5) is 27.3. The second-order valence-electron chi connectivity index (χ2n) is 9.62. The molecule has 1 amide bonds. The summed E-state index contributed by atoms with van der Waals surface area (Å²) in [7, 11) is -4.82. The van der Waals surface area contributed by atoms with Gasteiger partial charge in [0.1, 0.15) is 0 Å². The van der Waals surface area contributed by atoms with Crippen molar-refractivity contribution < 1.29 is 31.2 Å². The third-order valence-corrected chi connectivity index (χ3v) is 7.82. The van der Waals surface area contributed by atoms with Crippen molar-refractivity contribution in [2.75, 3.05) is 6.54 Å². The SMILES string of the molecule is CC1(C)CC(=O)C2=C(C1)N(CCc1ccccc1)C(=O)C2(NS(=O)(=O)c1ccccc1)C(F)(F)F. The van der Waals surface area contributed by atoms with E-state index in [1.165, 1.54) is 18.2 Å². The summed E-state index contributed by atoms with van der Waals surface area (Å²) in [6.07, 6.45) is -5.38. The fraction of sp³-hybridized carbons (Fsp3) is 0.360. The molecule has 0 fully saturated rings. The van der Waals surface area contributed by atoms with Gasteiger partial charge in [0, 0.05) is 18.7 Å². The number of Topliss-reactive ketones (excluding diaryl/α,β-unsaturated/α-hetero) is 1. The van der Waals surface area contributed by atoms with Crippen molar-refractivity contribution >= 4 is 21.7 Å². The maximum atomic E-state index is 14.8. The van der Waals surface area contributed by atoms with Crippen LogP contribution >= 0.6 is 0 Å². The van der Waals surface area contributed by atoms with Gasteiger partial charge in [0.15, 0.2) is 5.78 Å². The van der Waals surface area contributed by atoms with Crippen LogP contribution < -0.4 is 4.72 Å². The third-order valence-electron chi connectivity index (χ3n) is 6.35. The Morgan fingerprint density at radius 1 is 0.943 bits per heavy atom. The smallest absolute Gasteiger partial charge is 0.313 e. The van der Waals surface area contributed by atoms with Crippen LogP contribution in [0.15, 0.2) is 76.8 Å². The van der Waals surface area contributed by atoms with Gasteiger partial charge in [-0.1, -0.05) is 62.4 Å². The summed E-state index contributed by atoms with van der Waals surface area (Å²) in [5, 5.41) is 0. The van der Waals surface area contributed by atoms with Crippen LogP contribution in [0.2, 0.25) is 0 Å². The number of halogens is 3. The average Bonchev–Trinajstić information content (AvgIpc) is 3.00. The quantitative estimate of drug-likeness (QED) is 0.642. The number of amides is 1. The van der Waals surface area contributed by atoms with Gasteiger partial charge in [-0.3, -0.25) is 9.59 Å². The van der Waals surface area contributed by atoms with Crippen molar-refractivity contribution in [3.63, 3.8) is 0 Å². The summed E-state index contributed by atoms with van der Waals surface area (Å²) in [6.45, 7) is 3.34. The Kier molecular flexibility index (Phi) is 6.17. The Morgan fingerprint density at radius 3 is 2.09 bits per heavy atom. The molecule has 0 bridgehead atoms. The largest absolute Gasteiger partial charge is 0.421 e. The van der Waals surface area contributed by atoms with Crippen LogP contribution in [-0.2, 0) is 26.0 Å². The normalized spacial score (nSPS) is 22.5. The van der Waals surface area contributed by atoms with Crippen LogP contribution in [0.1, 0.15) is 32.3 Å². The lowest BCUT2D eigenvalue weighted by Gasteiger charge is -2.35. The number of carbonyl (C=O) groups is 2. The highest BCUT2D eigenvalue weighted by Gasteiger charge is 2.72. The first-order valence-corrected chi connectivity index (χ1v) is 12.6. The van der Waals surface area contributed by atoms with Crippen molar-refractivity contribution in [2.45, 2.75) is 49.7 Å². The fourth-order valence-corrected chi connectivity index (χ4v) is 6.12. The van der Waals surface area contributed by atoms with Gasteiger partial charge >= 0.3 is 6.18 Å². The van der Waals surface area contributed by atoms with Crippen LogP contribution in [0.3, 0.4) is 0 Å². The standard InChI is InChI=1S/C25H25F3N2O4S/c1-23(2)15-19-21(20(31)16-23)24(25(26,27)28,29-35(33,34)18-11-7-4-8-12-18)22(32)30(19)14-13-17-9-5-3-6-10-17/h3-12,29H,13-16H2,1-2H3. The van der Waals surface area contributed by atoms with Crippen LogP contribution in [0.25, 0.3) is 0 Å². The lowest BCUT2D eigenvalue weighted by atomic mass is 9.72. The highest BCUT2D eigenvalue weighted by atomic mass is 32.2. The Labute approximate surface area is 201 Å². The molecule has 1 N–H and O–H groups in total. The topological polar surface area (TPSA) is 83.6 Å². The zero-order chi connectivity index (χ0) is 25.6. The van der Waals surface area contributed by atoms with E-state index in [2.05, 4.69) is 0 Å². The summed E-state index contributed by atoms with van der Waals surface area (Å²) in [5.74, 6) is -2.39. The second kappa shape index (κ2) is 8.60. The molecule has 4 rings (SSSR count). The Bertz CT molecular complexity index is 1290. The molecule has 2 aromatic rings. The van der Waals surface area contributed by atoms with E-state index >= 15 is 0 Å². The predicted molar refractivity (Wildman–Crippen MR) is 122 cm³/mol. The number of rotatable bonds is 6. The van der Waals surface area contributed by atoms with Crippen LogP contribution in [0.4, 0.5) is 13.2 Å². The Hall–Kier alpha value is -2.98. The van der Waals surface area contributed by atoms with Crippen molar-refractivity contribution in [3.8, 4) is 0 Å². The predicted octanol–water partition coefficient (Wildman–Crippen LogP) is 3.99. The fourth-order valence-electron chi connectivity index (χ4n) is 4.77. The van der Waals surface area contributed by atoms with Gasteiger partial charge in [-0.2, -0.15) is 17.9 Å². The summed E-state index contributed by atoms with van der Waals surface area (Å²) >= 11 is 0. The molecular weight excluding hydrogens is 481 g/mol. The molecule has 1 atom stereocenters. The Balaban J connectivity index is 1.86. The van der Waals surface area contributed by atoms with E-state index in [0.29, 0.717) is 0 Å². The molecule has 1 aliphatic carbocycles. The molecule has 0 saturated heterocycles. The van der Waals surface area contributed by atoms with Crippen LogP contribution in [0.5, 0.6) is 0 Å². The minimum Gasteiger partial charge on any atom is -0.313 e.